The van der Waals surface area contributed by atoms with Crippen LogP contribution in [0, 0.1) is 17.3 Å². The lowest BCUT2D eigenvalue weighted by Crippen LogP contribution is -2.61. The molecule has 2 unspecified atom stereocenters. The molecule has 5 fully saturated rings. The number of aryl methyl sites for hydroxylation is 1. The minimum atomic E-state index is -0.159. The van der Waals surface area contributed by atoms with Crippen LogP contribution in [-0.2, 0) is 17.3 Å². The van der Waals surface area contributed by atoms with Gasteiger partial charge in [0.05, 0.1) is 17.0 Å². The van der Waals surface area contributed by atoms with Gasteiger partial charge in [-0.05, 0) is 61.3 Å². The summed E-state index contributed by atoms with van der Waals surface area (Å²) in [5.41, 5.74) is 2.36. The van der Waals surface area contributed by atoms with Crippen LogP contribution in [0.25, 0.3) is 11.0 Å². The van der Waals surface area contributed by atoms with E-state index in [1.807, 2.05) is 13.2 Å². The number of piperazine rings is 1. The minimum Gasteiger partial charge on any atom is -0.352 e. The van der Waals surface area contributed by atoms with Crippen molar-refractivity contribution in [3.05, 3.63) is 48.4 Å². The first kappa shape index (κ1) is 20.4. The summed E-state index contributed by atoms with van der Waals surface area (Å²) in [6.45, 7) is 3.14. The van der Waals surface area contributed by atoms with Gasteiger partial charge in [-0.25, -0.2) is 9.97 Å². The molecule has 7 heteroatoms. The molecular weight excluding hydrogens is 424 g/mol. The van der Waals surface area contributed by atoms with Crippen LogP contribution in [0.5, 0.6) is 0 Å². The van der Waals surface area contributed by atoms with Crippen LogP contribution >= 0.6 is 0 Å². The van der Waals surface area contributed by atoms with Crippen LogP contribution in [0.1, 0.15) is 44.1 Å². The summed E-state index contributed by atoms with van der Waals surface area (Å²) in [7, 11) is 1.91. The molecule has 1 amide bonds. The van der Waals surface area contributed by atoms with Gasteiger partial charge in [0, 0.05) is 33.2 Å². The molecule has 34 heavy (non-hydrogen) atoms. The molecular formula is C27H32N6O. The molecule has 2 aromatic heterocycles. The van der Waals surface area contributed by atoms with Crippen LogP contribution in [0.2, 0.25) is 0 Å². The quantitative estimate of drug-likeness (QED) is 0.603. The van der Waals surface area contributed by atoms with E-state index in [-0.39, 0.29) is 10.8 Å². The number of carbonyl (C=O) groups is 1. The molecule has 3 heterocycles. The van der Waals surface area contributed by atoms with Gasteiger partial charge in [-0.1, -0.05) is 30.3 Å². The maximum absolute atomic E-state index is 14.2. The fraction of sp³-hybridized carbons (Fsp3) is 0.556. The van der Waals surface area contributed by atoms with E-state index in [9.17, 15) is 4.79 Å². The number of hydrogen-bond acceptors (Lipinski definition) is 5. The third kappa shape index (κ3) is 2.95. The Kier molecular flexibility index (Phi) is 4.36. The zero-order valence-electron chi connectivity index (χ0n) is 19.9. The van der Waals surface area contributed by atoms with E-state index >= 15 is 0 Å². The molecule has 0 radical (unpaired) electrons. The number of nitrogens with zero attached hydrogens (tertiary/aromatic N) is 6. The fourth-order valence-corrected chi connectivity index (χ4v) is 8.30. The van der Waals surface area contributed by atoms with E-state index in [1.54, 1.807) is 11.0 Å². The van der Waals surface area contributed by atoms with Crippen molar-refractivity contribution in [3.8, 4) is 0 Å². The lowest BCUT2D eigenvalue weighted by Gasteiger charge is -2.62. The largest absolute Gasteiger partial charge is 0.352 e. The van der Waals surface area contributed by atoms with Gasteiger partial charge in [0.2, 0.25) is 5.91 Å². The van der Waals surface area contributed by atoms with Crippen LogP contribution in [0.4, 0.5) is 5.82 Å². The number of benzene rings is 1. The standard InChI is InChI=1S/C27H32N6O/c1-31-23-22(16-30-31)24(29-18-28-23)32-7-9-33(10-8-32)25(34)27-14-19-11-20(15-27)13-26(12-19,17-27)21-5-3-2-4-6-21/h2-6,16,18-20H,7-15,17H2,1H3. The molecule has 8 rings (SSSR count). The molecule has 0 spiro atoms. The van der Waals surface area contributed by atoms with Gasteiger partial charge in [0.15, 0.2) is 5.65 Å². The van der Waals surface area contributed by atoms with Crippen LogP contribution in [-0.4, -0.2) is 56.7 Å². The zero-order chi connectivity index (χ0) is 22.9. The van der Waals surface area contributed by atoms with Crippen molar-refractivity contribution in [2.75, 3.05) is 31.1 Å². The number of amides is 1. The second-order valence-corrected chi connectivity index (χ2v) is 11.4. The first-order valence-corrected chi connectivity index (χ1v) is 12.8. The highest BCUT2D eigenvalue weighted by Crippen LogP contribution is 2.66. The molecule has 1 aromatic carbocycles. The summed E-state index contributed by atoms with van der Waals surface area (Å²) in [5, 5.41) is 5.34. The van der Waals surface area contributed by atoms with E-state index in [0.29, 0.717) is 17.7 Å². The zero-order valence-corrected chi connectivity index (χ0v) is 19.9. The number of aromatic nitrogens is 4. The van der Waals surface area contributed by atoms with Crippen molar-refractivity contribution in [1.29, 1.82) is 0 Å². The van der Waals surface area contributed by atoms with Crippen LogP contribution in [0.15, 0.2) is 42.9 Å². The summed E-state index contributed by atoms with van der Waals surface area (Å²) in [5.74, 6) is 2.76. The van der Waals surface area contributed by atoms with Crippen molar-refractivity contribution in [2.45, 2.75) is 43.9 Å². The molecule has 4 bridgehead atoms. The predicted molar refractivity (Wildman–Crippen MR) is 130 cm³/mol. The molecule has 0 N–H and O–H groups in total. The van der Waals surface area contributed by atoms with Gasteiger partial charge in [0.25, 0.3) is 0 Å². The lowest BCUT2D eigenvalue weighted by atomic mass is 9.42. The Bertz CT molecular complexity index is 1230. The average Bonchev–Trinajstić information content (AvgIpc) is 3.24. The van der Waals surface area contributed by atoms with Gasteiger partial charge in [0.1, 0.15) is 12.1 Å². The van der Waals surface area contributed by atoms with Crippen molar-refractivity contribution < 1.29 is 4.79 Å². The van der Waals surface area contributed by atoms with Gasteiger partial charge >= 0.3 is 0 Å². The van der Waals surface area contributed by atoms with Gasteiger partial charge < -0.3 is 9.80 Å². The van der Waals surface area contributed by atoms with Gasteiger partial charge in [-0.3, -0.25) is 9.48 Å². The SMILES string of the molecule is Cn1ncc2c(N3CCN(C(=O)C45CC6CC(C4)CC(c4ccccc4)(C6)C5)CC3)ncnc21. The maximum Gasteiger partial charge on any atom is 0.228 e. The summed E-state index contributed by atoms with van der Waals surface area (Å²) in [6, 6.07) is 11.1. The lowest BCUT2D eigenvalue weighted by molar-refractivity contribution is -0.160. The normalized spacial score (nSPS) is 32.5. The molecule has 4 saturated carbocycles. The Hall–Kier alpha value is -2.96. The Morgan fingerprint density at radius 2 is 1.71 bits per heavy atom. The summed E-state index contributed by atoms with van der Waals surface area (Å²) < 4.78 is 1.79. The number of fused-ring (bicyclic) bond motifs is 1. The summed E-state index contributed by atoms with van der Waals surface area (Å²) in [6.07, 6.45) is 10.6. The Morgan fingerprint density at radius 1 is 0.971 bits per heavy atom. The molecule has 176 valence electrons. The highest BCUT2D eigenvalue weighted by molar-refractivity contribution is 5.87. The van der Waals surface area contributed by atoms with E-state index in [0.717, 1.165) is 62.3 Å². The first-order valence-electron chi connectivity index (χ1n) is 12.8. The van der Waals surface area contributed by atoms with E-state index in [1.165, 1.54) is 24.8 Å². The second kappa shape index (κ2) is 7.27. The van der Waals surface area contributed by atoms with Gasteiger partial charge in [-0.15, -0.1) is 0 Å². The fourth-order valence-electron chi connectivity index (χ4n) is 8.30. The molecule has 5 aliphatic rings. The Morgan fingerprint density at radius 3 is 2.44 bits per heavy atom. The molecule has 4 aliphatic carbocycles. The Labute approximate surface area is 200 Å². The third-order valence-electron chi connectivity index (χ3n) is 9.28. The van der Waals surface area contributed by atoms with E-state index in [2.05, 4.69) is 55.2 Å². The molecule has 1 saturated heterocycles. The number of rotatable bonds is 3. The number of hydrogen-bond donors (Lipinski definition) is 0. The van der Waals surface area contributed by atoms with Crippen molar-refractivity contribution >= 4 is 22.8 Å². The maximum atomic E-state index is 14.2. The average molecular weight is 457 g/mol. The van der Waals surface area contributed by atoms with Crippen molar-refractivity contribution in [1.82, 2.24) is 24.6 Å². The van der Waals surface area contributed by atoms with E-state index < -0.39 is 0 Å². The van der Waals surface area contributed by atoms with Crippen LogP contribution < -0.4 is 4.90 Å². The van der Waals surface area contributed by atoms with Crippen LogP contribution in [0.3, 0.4) is 0 Å². The number of anilines is 1. The molecule has 3 aromatic rings. The summed E-state index contributed by atoms with van der Waals surface area (Å²) in [4.78, 5) is 27.6. The second-order valence-electron chi connectivity index (χ2n) is 11.4. The third-order valence-corrected chi connectivity index (χ3v) is 9.28. The Balaban J connectivity index is 1.12. The molecule has 2 atom stereocenters. The highest BCUT2D eigenvalue weighted by atomic mass is 16.2. The van der Waals surface area contributed by atoms with Crippen molar-refractivity contribution in [3.63, 3.8) is 0 Å². The highest BCUT2D eigenvalue weighted by Gasteiger charge is 2.61. The minimum absolute atomic E-state index is 0.159. The van der Waals surface area contributed by atoms with Gasteiger partial charge in [-0.2, -0.15) is 5.10 Å². The van der Waals surface area contributed by atoms with Crippen molar-refractivity contribution in [2.24, 2.45) is 24.3 Å². The smallest absolute Gasteiger partial charge is 0.228 e. The predicted octanol–water partition coefficient (Wildman–Crippen LogP) is 3.55. The monoisotopic (exact) mass is 456 g/mol. The molecule has 7 nitrogen and oxygen atoms in total. The topological polar surface area (TPSA) is 67.2 Å². The molecule has 1 aliphatic heterocycles. The van der Waals surface area contributed by atoms with E-state index in [4.69, 9.17) is 0 Å². The summed E-state index contributed by atoms with van der Waals surface area (Å²) >= 11 is 0. The first-order chi connectivity index (χ1) is 16.6. The number of carbonyl (C=O) groups excluding carboxylic acids is 1.